The molecule has 1 saturated heterocycles. The highest BCUT2D eigenvalue weighted by Gasteiger charge is 2.66. The molecule has 0 bridgehead atoms. The minimum absolute atomic E-state index is 0.0147. The average molecular weight is 344 g/mol. The van der Waals surface area contributed by atoms with Crippen molar-refractivity contribution in [3.05, 3.63) is 0 Å². The van der Waals surface area contributed by atoms with Crippen LogP contribution in [-0.2, 0) is 14.3 Å². The van der Waals surface area contributed by atoms with E-state index < -0.39 is 0 Å². The van der Waals surface area contributed by atoms with Crippen LogP contribution in [0.4, 0.5) is 0 Å². The standard InChI is InChI=1S/C22H32O3/c1-20-8-6-13(23)10-17(20)18(24)11-14-15-4-5-19(22(3)12-25-22)21(15,2)9-7-16(14)20/h14-17,19H,4-12H2,1-3H3/t14-,15+,16+,17-,19+,20-,21+,22+/m1/s1. The van der Waals surface area contributed by atoms with Gasteiger partial charge in [-0.05, 0) is 73.5 Å². The third-order valence-corrected chi connectivity index (χ3v) is 9.62. The summed E-state index contributed by atoms with van der Waals surface area (Å²) in [5.41, 5.74) is 0.534. The number of epoxide rings is 1. The molecule has 4 saturated carbocycles. The molecule has 1 aliphatic heterocycles. The molecule has 0 unspecified atom stereocenters. The lowest BCUT2D eigenvalue weighted by molar-refractivity contribution is -0.159. The van der Waals surface area contributed by atoms with Gasteiger partial charge in [-0.25, -0.2) is 0 Å². The fourth-order valence-electron chi connectivity index (χ4n) is 8.15. The lowest BCUT2D eigenvalue weighted by Crippen LogP contribution is -2.57. The predicted molar refractivity (Wildman–Crippen MR) is 95.0 cm³/mol. The smallest absolute Gasteiger partial charge is 0.137 e. The molecule has 3 heteroatoms. The fraction of sp³-hybridized carbons (Fsp3) is 0.909. The van der Waals surface area contributed by atoms with Crippen molar-refractivity contribution in [1.29, 1.82) is 0 Å². The minimum Gasteiger partial charge on any atom is -0.370 e. The van der Waals surface area contributed by atoms with E-state index in [1.54, 1.807) is 0 Å². The highest BCUT2D eigenvalue weighted by Crippen LogP contribution is 2.69. The van der Waals surface area contributed by atoms with E-state index in [9.17, 15) is 9.59 Å². The molecule has 0 spiro atoms. The van der Waals surface area contributed by atoms with Gasteiger partial charge in [0.2, 0.25) is 0 Å². The number of ether oxygens (including phenoxy) is 1. The monoisotopic (exact) mass is 344 g/mol. The van der Waals surface area contributed by atoms with Crippen molar-refractivity contribution in [2.75, 3.05) is 6.61 Å². The second-order valence-electron chi connectivity index (χ2n) is 10.6. The number of fused-ring (bicyclic) bond motifs is 5. The maximum atomic E-state index is 13.0. The van der Waals surface area contributed by atoms with E-state index in [1.807, 2.05) is 0 Å². The van der Waals surface area contributed by atoms with E-state index in [0.717, 1.165) is 19.4 Å². The van der Waals surface area contributed by atoms with E-state index in [2.05, 4.69) is 20.8 Å². The van der Waals surface area contributed by atoms with E-state index >= 15 is 0 Å². The summed E-state index contributed by atoms with van der Waals surface area (Å²) in [5.74, 6) is 3.27. The Bertz CT molecular complexity index is 635. The Balaban J connectivity index is 1.48. The van der Waals surface area contributed by atoms with Crippen LogP contribution in [0.1, 0.15) is 72.1 Å². The Labute approximate surface area is 151 Å². The first-order chi connectivity index (χ1) is 11.8. The second kappa shape index (κ2) is 4.97. The maximum absolute atomic E-state index is 13.0. The molecule has 0 aromatic carbocycles. The molecule has 25 heavy (non-hydrogen) atoms. The fourth-order valence-corrected chi connectivity index (χ4v) is 8.15. The van der Waals surface area contributed by atoms with Crippen LogP contribution in [0.2, 0.25) is 0 Å². The summed E-state index contributed by atoms with van der Waals surface area (Å²) in [4.78, 5) is 25.0. The highest BCUT2D eigenvalue weighted by atomic mass is 16.6. The summed E-state index contributed by atoms with van der Waals surface area (Å²) in [6.45, 7) is 8.07. The van der Waals surface area contributed by atoms with Crippen molar-refractivity contribution in [1.82, 2.24) is 0 Å². The molecular formula is C22H32O3. The molecule has 4 aliphatic carbocycles. The molecule has 8 atom stereocenters. The maximum Gasteiger partial charge on any atom is 0.137 e. The van der Waals surface area contributed by atoms with Crippen LogP contribution >= 0.6 is 0 Å². The Kier molecular flexibility index (Phi) is 3.27. The molecule has 5 fully saturated rings. The molecule has 0 amide bonds. The summed E-state index contributed by atoms with van der Waals surface area (Å²) < 4.78 is 5.86. The second-order valence-corrected chi connectivity index (χ2v) is 10.6. The van der Waals surface area contributed by atoms with E-state index in [4.69, 9.17) is 4.74 Å². The molecule has 3 nitrogen and oxygen atoms in total. The Morgan fingerprint density at radius 2 is 1.64 bits per heavy atom. The Hall–Kier alpha value is -0.700. The van der Waals surface area contributed by atoms with Gasteiger partial charge in [-0.1, -0.05) is 13.8 Å². The van der Waals surface area contributed by atoms with Crippen LogP contribution < -0.4 is 0 Å². The normalized spacial score (nSPS) is 57.6. The van der Waals surface area contributed by atoms with Crippen LogP contribution in [0.3, 0.4) is 0 Å². The summed E-state index contributed by atoms with van der Waals surface area (Å²) in [6.07, 6.45) is 7.97. The van der Waals surface area contributed by atoms with E-state index in [1.165, 1.54) is 25.7 Å². The number of hydrogen-bond acceptors (Lipinski definition) is 3. The molecule has 0 aromatic rings. The van der Waals surface area contributed by atoms with Crippen molar-refractivity contribution in [2.45, 2.75) is 77.7 Å². The van der Waals surface area contributed by atoms with Crippen LogP contribution in [-0.4, -0.2) is 23.8 Å². The molecule has 0 radical (unpaired) electrons. The first kappa shape index (κ1) is 16.5. The summed E-state index contributed by atoms with van der Waals surface area (Å²) in [6, 6.07) is 0. The number of carbonyl (C=O) groups excluding carboxylic acids is 2. The van der Waals surface area contributed by atoms with Crippen LogP contribution in [0.15, 0.2) is 0 Å². The van der Waals surface area contributed by atoms with E-state index in [0.29, 0.717) is 53.5 Å². The molecular weight excluding hydrogens is 312 g/mol. The Morgan fingerprint density at radius 3 is 2.36 bits per heavy atom. The lowest BCUT2D eigenvalue weighted by atomic mass is 9.44. The molecule has 1 heterocycles. The van der Waals surface area contributed by atoms with Gasteiger partial charge in [-0.3, -0.25) is 9.59 Å². The van der Waals surface area contributed by atoms with Gasteiger partial charge in [0.05, 0.1) is 12.2 Å². The molecule has 0 aromatic heterocycles. The topological polar surface area (TPSA) is 46.7 Å². The number of ketones is 2. The van der Waals surface area contributed by atoms with Gasteiger partial charge in [0.15, 0.2) is 0 Å². The van der Waals surface area contributed by atoms with Gasteiger partial charge in [0.1, 0.15) is 11.6 Å². The third kappa shape index (κ3) is 2.08. The van der Waals surface area contributed by atoms with Gasteiger partial charge >= 0.3 is 0 Å². The number of rotatable bonds is 1. The van der Waals surface area contributed by atoms with Gasteiger partial charge in [-0.15, -0.1) is 0 Å². The van der Waals surface area contributed by atoms with Gasteiger partial charge in [-0.2, -0.15) is 0 Å². The van der Waals surface area contributed by atoms with Gasteiger partial charge in [0, 0.05) is 25.2 Å². The van der Waals surface area contributed by atoms with Crippen molar-refractivity contribution in [3.8, 4) is 0 Å². The summed E-state index contributed by atoms with van der Waals surface area (Å²) in [5, 5.41) is 0. The zero-order chi connectivity index (χ0) is 17.6. The zero-order valence-electron chi connectivity index (χ0n) is 16.0. The SMILES string of the molecule is C[C@]12CCC(=O)C[C@@H]1C(=O)C[C@H]1[C@@H]2CC[C@@]2(C)[C@H]1CC[C@@H]2[C@]1(C)CO1. The largest absolute Gasteiger partial charge is 0.370 e. The third-order valence-electron chi connectivity index (χ3n) is 9.62. The zero-order valence-corrected chi connectivity index (χ0v) is 16.0. The highest BCUT2D eigenvalue weighted by molar-refractivity contribution is 5.90. The predicted octanol–water partition coefficient (Wildman–Crippen LogP) is 4.18. The summed E-state index contributed by atoms with van der Waals surface area (Å²) in [7, 11) is 0. The van der Waals surface area contributed by atoms with Crippen molar-refractivity contribution >= 4 is 11.6 Å². The Morgan fingerprint density at radius 1 is 0.920 bits per heavy atom. The minimum atomic E-state index is 0.0147. The van der Waals surface area contributed by atoms with Crippen LogP contribution in [0, 0.1) is 40.4 Å². The van der Waals surface area contributed by atoms with Crippen LogP contribution in [0.5, 0.6) is 0 Å². The average Bonchev–Trinajstić information content (AvgIpc) is 3.18. The van der Waals surface area contributed by atoms with Crippen molar-refractivity contribution in [2.24, 2.45) is 40.4 Å². The van der Waals surface area contributed by atoms with Gasteiger partial charge in [0.25, 0.3) is 0 Å². The number of carbonyl (C=O) groups is 2. The molecule has 5 aliphatic rings. The molecule has 5 rings (SSSR count). The van der Waals surface area contributed by atoms with Gasteiger partial charge < -0.3 is 4.74 Å². The lowest BCUT2D eigenvalue weighted by Gasteiger charge is -2.59. The van der Waals surface area contributed by atoms with Crippen LogP contribution in [0.25, 0.3) is 0 Å². The molecule has 138 valence electrons. The number of Topliss-reactive ketones (excluding diaryl/α,β-unsaturated/α-hetero) is 2. The number of hydrogen-bond donors (Lipinski definition) is 0. The summed E-state index contributed by atoms with van der Waals surface area (Å²) >= 11 is 0. The van der Waals surface area contributed by atoms with E-state index in [-0.39, 0.29) is 16.9 Å². The molecule has 0 N–H and O–H groups in total. The first-order valence-corrected chi connectivity index (χ1v) is 10.5. The van der Waals surface area contributed by atoms with Crippen molar-refractivity contribution < 1.29 is 14.3 Å². The van der Waals surface area contributed by atoms with Crippen molar-refractivity contribution in [3.63, 3.8) is 0 Å². The quantitative estimate of drug-likeness (QED) is 0.670. The first-order valence-electron chi connectivity index (χ1n) is 10.5.